The minimum Gasteiger partial charge on any atom is -0.457 e. The van der Waals surface area contributed by atoms with E-state index in [-0.39, 0.29) is 5.78 Å². The van der Waals surface area contributed by atoms with Crippen LogP contribution in [0.5, 0.6) is 11.5 Å². The quantitative estimate of drug-likeness (QED) is 0.421. The maximum atomic E-state index is 12.2. The first-order chi connectivity index (χ1) is 11.6. The molecule has 0 fully saturated rings. The van der Waals surface area contributed by atoms with Gasteiger partial charge in [-0.15, -0.1) is 0 Å². The fraction of sp³-hybridized carbons (Fsp3) is 0.316. The normalized spacial score (nSPS) is 10.5. The van der Waals surface area contributed by atoms with Gasteiger partial charge in [-0.3, -0.25) is 4.79 Å². The van der Waals surface area contributed by atoms with Gasteiger partial charge in [0.15, 0.2) is 5.78 Å². The lowest BCUT2D eigenvalue weighted by atomic mass is 9.80. The van der Waals surface area contributed by atoms with E-state index in [1.807, 2.05) is 0 Å². The molecule has 0 heterocycles. The molecule has 4 nitrogen and oxygen atoms in total. The van der Waals surface area contributed by atoms with E-state index in [0.29, 0.717) is 28.9 Å². The van der Waals surface area contributed by atoms with Crippen LogP contribution < -0.4 is 10.2 Å². The van der Waals surface area contributed by atoms with Crippen molar-refractivity contribution in [3.63, 3.8) is 0 Å². The van der Waals surface area contributed by atoms with Gasteiger partial charge in [0.05, 0.1) is 0 Å². The molecule has 0 aliphatic heterocycles. The van der Waals surface area contributed by atoms with Crippen molar-refractivity contribution in [1.82, 2.24) is 0 Å². The molecule has 0 unspecified atom stereocenters. The fourth-order valence-electron chi connectivity index (χ4n) is 2.43. The summed E-state index contributed by atoms with van der Waals surface area (Å²) in [5.41, 5.74) is 1.06. The summed E-state index contributed by atoms with van der Waals surface area (Å²) in [6, 6.07) is 13.6. The highest BCUT2D eigenvalue weighted by atomic mass is 16.5. The van der Waals surface area contributed by atoms with Crippen molar-refractivity contribution in [1.29, 1.82) is 0 Å². The zero-order chi connectivity index (χ0) is 17.4. The Morgan fingerprint density at radius 2 is 1.75 bits per heavy atom. The van der Waals surface area contributed by atoms with Gasteiger partial charge in [0, 0.05) is 12.0 Å². The van der Waals surface area contributed by atoms with E-state index < -0.39 is 7.12 Å². The molecule has 126 valence electrons. The number of carbonyl (C=O) groups excluding carboxylic acids is 1. The first kappa shape index (κ1) is 18.2. The van der Waals surface area contributed by atoms with Crippen molar-refractivity contribution in [2.24, 2.45) is 0 Å². The highest BCUT2D eigenvalue weighted by Gasteiger charge is 2.11. The SMILES string of the molecule is CCCCCCC(=O)c1cccc(Oc2ccc(B(O)O)cc2)c1. The zero-order valence-corrected chi connectivity index (χ0v) is 13.9. The Labute approximate surface area is 143 Å². The minimum absolute atomic E-state index is 0.135. The molecule has 0 bridgehead atoms. The van der Waals surface area contributed by atoms with Crippen molar-refractivity contribution in [2.75, 3.05) is 0 Å². The number of hydrogen-bond acceptors (Lipinski definition) is 4. The van der Waals surface area contributed by atoms with Crippen molar-refractivity contribution in [3.8, 4) is 11.5 Å². The van der Waals surface area contributed by atoms with E-state index in [2.05, 4.69) is 6.92 Å². The van der Waals surface area contributed by atoms with Crippen LogP contribution in [-0.4, -0.2) is 22.9 Å². The summed E-state index contributed by atoms with van der Waals surface area (Å²) >= 11 is 0. The summed E-state index contributed by atoms with van der Waals surface area (Å²) in [6.07, 6.45) is 4.88. The molecule has 0 aromatic heterocycles. The molecule has 0 radical (unpaired) electrons. The summed E-state index contributed by atoms with van der Waals surface area (Å²) in [5, 5.41) is 18.2. The van der Waals surface area contributed by atoms with Gasteiger partial charge in [0.2, 0.25) is 0 Å². The van der Waals surface area contributed by atoms with E-state index in [1.54, 1.807) is 48.5 Å². The van der Waals surface area contributed by atoms with Crippen LogP contribution in [0.15, 0.2) is 48.5 Å². The molecule has 2 aromatic carbocycles. The maximum Gasteiger partial charge on any atom is 0.488 e. The van der Waals surface area contributed by atoms with E-state index in [9.17, 15) is 4.79 Å². The first-order valence-electron chi connectivity index (χ1n) is 8.37. The van der Waals surface area contributed by atoms with Gasteiger partial charge in [-0.1, -0.05) is 50.5 Å². The van der Waals surface area contributed by atoms with Crippen LogP contribution in [0.2, 0.25) is 0 Å². The smallest absolute Gasteiger partial charge is 0.457 e. The van der Waals surface area contributed by atoms with Crippen molar-refractivity contribution >= 4 is 18.4 Å². The van der Waals surface area contributed by atoms with Gasteiger partial charge in [0.25, 0.3) is 0 Å². The Morgan fingerprint density at radius 1 is 1.00 bits per heavy atom. The number of rotatable bonds is 9. The van der Waals surface area contributed by atoms with Gasteiger partial charge in [-0.05, 0) is 36.1 Å². The van der Waals surface area contributed by atoms with Gasteiger partial charge in [-0.25, -0.2) is 0 Å². The Balaban J connectivity index is 1.98. The molecule has 24 heavy (non-hydrogen) atoms. The second kappa shape index (κ2) is 9.25. The Bertz CT molecular complexity index is 653. The Kier molecular flexibility index (Phi) is 7.03. The number of hydrogen-bond donors (Lipinski definition) is 2. The standard InChI is InChI=1S/C19H23BO4/c1-2-3-4-5-9-19(21)15-7-6-8-18(14-15)24-17-12-10-16(11-13-17)20(22)23/h6-8,10-14,22-23H,2-5,9H2,1H3. The number of ether oxygens (including phenoxy) is 1. The van der Waals surface area contributed by atoms with E-state index in [1.165, 1.54) is 0 Å². The summed E-state index contributed by atoms with van der Waals surface area (Å²) in [4.78, 5) is 12.2. The number of ketones is 1. The third-order valence-corrected chi connectivity index (χ3v) is 3.83. The molecule has 0 atom stereocenters. The molecule has 2 N–H and O–H groups in total. The second-order valence-electron chi connectivity index (χ2n) is 5.81. The molecule has 0 saturated carbocycles. The summed E-state index contributed by atoms with van der Waals surface area (Å²) in [5.74, 6) is 1.30. The molecule has 2 rings (SSSR count). The largest absolute Gasteiger partial charge is 0.488 e. The summed E-state index contributed by atoms with van der Waals surface area (Å²) in [6.45, 7) is 2.15. The second-order valence-corrected chi connectivity index (χ2v) is 5.81. The molecule has 0 aliphatic rings. The lowest BCUT2D eigenvalue weighted by molar-refractivity contribution is 0.0979. The predicted molar refractivity (Wildman–Crippen MR) is 95.9 cm³/mol. The first-order valence-corrected chi connectivity index (χ1v) is 8.37. The van der Waals surface area contributed by atoms with Gasteiger partial charge in [-0.2, -0.15) is 0 Å². The third-order valence-electron chi connectivity index (χ3n) is 3.83. The molecular weight excluding hydrogens is 303 g/mol. The van der Waals surface area contributed by atoms with Crippen LogP contribution in [-0.2, 0) is 0 Å². The Hall–Kier alpha value is -2.11. The molecule has 0 aliphatic carbocycles. The number of benzene rings is 2. The average molecular weight is 326 g/mol. The predicted octanol–water partition coefficient (Wildman–Crippen LogP) is 3.31. The van der Waals surface area contributed by atoms with E-state index in [4.69, 9.17) is 14.8 Å². The number of Topliss-reactive ketones (excluding diaryl/α,β-unsaturated/α-hetero) is 1. The molecule has 0 saturated heterocycles. The zero-order valence-electron chi connectivity index (χ0n) is 13.9. The summed E-state index contributed by atoms with van der Waals surface area (Å²) in [7, 11) is -1.49. The van der Waals surface area contributed by atoms with Crippen LogP contribution in [0.3, 0.4) is 0 Å². The van der Waals surface area contributed by atoms with E-state index >= 15 is 0 Å². The Morgan fingerprint density at radius 3 is 2.42 bits per heavy atom. The molecule has 5 heteroatoms. The van der Waals surface area contributed by atoms with Crippen molar-refractivity contribution in [2.45, 2.75) is 39.0 Å². The monoisotopic (exact) mass is 326 g/mol. The molecule has 0 amide bonds. The van der Waals surface area contributed by atoms with Crippen molar-refractivity contribution < 1.29 is 19.6 Å². The van der Waals surface area contributed by atoms with Crippen LogP contribution in [0.4, 0.5) is 0 Å². The van der Waals surface area contributed by atoms with Crippen LogP contribution in [0.25, 0.3) is 0 Å². The lowest BCUT2D eigenvalue weighted by Crippen LogP contribution is -2.29. The minimum atomic E-state index is -1.49. The van der Waals surface area contributed by atoms with Gasteiger partial charge >= 0.3 is 7.12 Å². The van der Waals surface area contributed by atoms with Gasteiger partial charge < -0.3 is 14.8 Å². The molecular formula is C19H23BO4. The van der Waals surface area contributed by atoms with Crippen LogP contribution in [0.1, 0.15) is 49.4 Å². The molecule has 2 aromatic rings. The van der Waals surface area contributed by atoms with Gasteiger partial charge in [0.1, 0.15) is 11.5 Å². The van der Waals surface area contributed by atoms with Crippen molar-refractivity contribution in [3.05, 3.63) is 54.1 Å². The highest BCUT2D eigenvalue weighted by molar-refractivity contribution is 6.58. The number of unbranched alkanes of at least 4 members (excludes halogenated alkanes) is 3. The topological polar surface area (TPSA) is 66.8 Å². The van der Waals surface area contributed by atoms with Crippen LogP contribution >= 0.6 is 0 Å². The lowest BCUT2D eigenvalue weighted by Gasteiger charge is -2.08. The third kappa shape index (κ3) is 5.51. The van der Waals surface area contributed by atoms with E-state index in [0.717, 1.165) is 25.7 Å². The number of carbonyl (C=O) groups is 1. The maximum absolute atomic E-state index is 12.2. The molecule has 0 spiro atoms. The fourth-order valence-corrected chi connectivity index (χ4v) is 2.43. The summed E-state index contributed by atoms with van der Waals surface area (Å²) < 4.78 is 5.73. The average Bonchev–Trinajstić information content (AvgIpc) is 2.59. The highest BCUT2D eigenvalue weighted by Crippen LogP contribution is 2.22. The van der Waals surface area contributed by atoms with Crippen LogP contribution in [0, 0.1) is 0 Å².